The molecular weight excluding hydrogens is 362 g/mol. The number of nitrogens with zero attached hydrogens (tertiary/aromatic N) is 3. The lowest BCUT2D eigenvalue weighted by atomic mass is 9.88. The maximum atomic E-state index is 13.2. The van der Waals surface area contributed by atoms with Crippen molar-refractivity contribution in [3.8, 4) is 10.8 Å². The Morgan fingerprint density at radius 3 is 2.30 bits per heavy atom. The molecule has 2 aromatic heterocycles. The van der Waals surface area contributed by atoms with Crippen LogP contribution in [0.15, 0.2) is 26.7 Å². The second-order valence-corrected chi connectivity index (χ2v) is 8.64. The van der Waals surface area contributed by atoms with Crippen molar-refractivity contribution in [3.05, 3.63) is 28.1 Å². The molecule has 0 aliphatic heterocycles. The number of thiophene rings is 1. The second-order valence-electron chi connectivity index (χ2n) is 7.69. The van der Waals surface area contributed by atoms with Gasteiger partial charge in [0.15, 0.2) is 0 Å². The van der Waals surface area contributed by atoms with E-state index < -0.39 is 5.76 Å². The van der Waals surface area contributed by atoms with Gasteiger partial charge in [-0.05, 0) is 37.1 Å². The predicted molar refractivity (Wildman–Crippen MR) is 105 cm³/mol. The monoisotopic (exact) mass is 389 g/mol. The van der Waals surface area contributed by atoms with Crippen LogP contribution in [0.5, 0.6) is 0 Å². The first-order chi connectivity index (χ1) is 13.2. The van der Waals surface area contributed by atoms with Crippen LogP contribution in [0, 0.1) is 0 Å². The SMILES string of the molecule is O=C(Cn1nc(-c2cccs2)oc1=O)N(C1CCCCC1)C1CCCCC1. The first-order valence-electron chi connectivity index (χ1n) is 10.2. The zero-order valence-electron chi connectivity index (χ0n) is 15.6. The highest BCUT2D eigenvalue weighted by Gasteiger charge is 2.33. The summed E-state index contributed by atoms with van der Waals surface area (Å²) in [6.07, 6.45) is 11.6. The highest BCUT2D eigenvalue weighted by atomic mass is 32.1. The third kappa shape index (κ3) is 4.18. The van der Waals surface area contributed by atoms with Crippen molar-refractivity contribution in [3.63, 3.8) is 0 Å². The zero-order valence-corrected chi connectivity index (χ0v) is 16.5. The minimum Gasteiger partial charge on any atom is -0.387 e. The van der Waals surface area contributed by atoms with Crippen molar-refractivity contribution in [1.29, 1.82) is 0 Å². The fraction of sp³-hybridized carbons (Fsp3) is 0.650. The van der Waals surface area contributed by atoms with Gasteiger partial charge in [-0.3, -0.25) is 4.79 Å². The molecule has 2 aliphatic rings. The Labute approximate surface area is 163 Å². The highest BCUT2D eigenvalue weighted by molar-refractivity contribution is 7.13. The van der Waals surface area contributed by atoms with Crippen molar-refractivity contribution in [2.24, 2.45) is 0 Å². The summed E-state index contributed by atoms with van der Waals surface area (Å²) in [5, 5.41) is 6.18. The van der Waals surface area contributed by atoms with Gasteiger partial charge in [0.25, 0.3) is 5.89 Å². The third-order valence-electron chi connectivity index (χ3n) is 5.85. The van der Waals surface area contributed by atoms with Crippen LogP contribution in [-0.4, -0.2) is 32.7 Å². The fourth-order valence-electron chi connectivity index (χ4n) is 4.54. The van der Waals surface area contributed by atoms with Crippen molar-refractivity contribution in [1.82, 2.24) is 14.7 Å². The van der Waals surface area contributed by atoms with E-state index in [2.05, 4.69) is 10.00 Å². The normalized spacial score (nSPS) is 19.3. The van der Waals surface area contributed by atoms with E-state index >= 15 is 0 Å². The second kappa shape index (κ2) is 8.42. The first kappa shape index (κ1) is 18.5. The summed E-state index contributed by atoms with van der Waals surface area (Å²) in [5.41, 5.74) is 0. The third-order valence-corrected chi connectivity index (χ3v) is 6.71. The summed E-state index contributed by atoms with van der Waals surface area (Å²) in [5.74, 6) is -0.245. The van der Waals surface area contributed by atoms with Crippen LogP contribution in [0.3, 0.4) is 0 Å². The molecule has 7 heteroatoms. The largest absolute Gasteiger partial charge is 0.437 e. The van der Waals surface area contributed by atoms with Gasteiger partial charge in [-0.1, -0.05) is 44.6 Å². The van der Waals surface area contributed by atoms with E-state index in [-0.39, 0.29) is 12.5 Å². The van der Waals surface area contributed by atoms with E-state index in [4.69, 9.17) is 4.42 Å². The molecule has 27 heavy (non-hydrogen) atoms. The average Bonchev–Trinajstić information content (AvgIpc) is 3.34. The van der Waals surface area contributed by atoms with Crippen LogP contribution in [0.25, 0.3) is 10.8 Å². The van der Waals surface area contributed by atoms with E-state index in [1.54, 1.807) is 0 Å². The van der Waals surface area contributed by atoms with Crippen molar-refractivity contribution < 1.29 is 9.21 Å². The number of carbonyl (C=O) groups is 1. The summed E-state index contributed by atoms with van der Waals surface area (Å²) >= 11 is 1.46. The van der Waals surface area contributed by atoms with Gasteiger partial charge in [-0.15, -0.1) is 16.4 Å². The number of hydrogen-bond donors (Lipinski definition) is 0. The van der Waals surface area contributed by atoms with Crippen LogP contribution in [0.1, 0.15) is 64.2 Å². The number of aromatic nitrogens is 2. The Morgan fingerprint density at radius 2 is 1.74 bits per heavy atom. The molecular formula is C20H27N3O3S. The quantitative estimate of drug-likeness (QED) is 0.773. The predicted octanol–water partition coefficient (Wildman–Crippen LogP) is 4.06. The minimum absolute atomic E-state index is 0.0157. The van der Waals surface area contributed by atoms with E-state index in [0.29, 0.717) is 18.0 Å². The zero-order chi connectivity index (χ0) is 18.6. The molecule has 0 saturated heterocycles. The molecule has 2 aliphatic carbocycles. The lowest BCUT2D eigenvalue weighted by Gasteiger charge is -2.41. The molecule has 0 unspecified atom stereocenters. The van der Waals surface area contributed by atoms with Crippen LogP contribution in [0.4, 0.5) is 0 Å². The highest BCUT2D eigenvalue weighted by Crippen LogP contribution is 2.30. The summed E-state index contributed by atoms with van der Waals surface area (Å²) < 4.78 is 6.46. The number of carbonyl (C=O) groups excluding carboxylic acids is 1. The summed E-state index contributed by atoms with van der Waals surface area (Å²) in [6.45, 7) is -0.0271. The van der Waals surface area contributed by atoms with Crippen LogP contribution in [-0.2, 0) is 11.3 Å². The van der Waals surface area contributed by atoms with Gasteiger partial charge in [0, 0.05) is 12.1 Å². The standard InChI is InChI=1S/C20H27N3O3S/c24-18(14-22-20(25)26-19(21-22)17-12-7-13-27-17)23(15-8-3-1-4-9-15)16-10-5-2-6-11-16/h7,12-13,15-16H,1-6,8-11,14H2. The van der Waals surface area contributed by atoms with Crippen molar-refractivity contribution >= 4 is 17.2 Å². The fourth-order valence-corrected chi connectivity index (χ4v) is 5.18. The molecule has 0 N–H and O–H groups in total. The molecule has 0 spiro atoms. The van der Waals surface area contributed by atoms with Gasteiger partial charge >= 0.3 is 5.76 Å². The van der Waals surface area contributed by atoms with Crippen molar-refractivity contribution in [2.45, 2.75) is 82.8 Å². The summed E-state index contributed by atoms with van der Waals surface area (Å²) in [6, 6.07) is 4.37. The molecule has 0 atom stereocenters. The molecule has 2 aromatic rings. The lowest BCUT2D eigenvalue weighted by molar-refractivity contribution is -0.139. The average molecular weight is 390 g/mol. The van der Waals surface area contributed by atoms with Crippen LogP contribution in [0.2, 0.25) is 0 Å². The summed E-state index contributed by atoms with van der Waals surface area (Å²) in [7, 11) is 0. The molecule has 0 aromatic carbocycles. The van der Waals surface area contributed by atoms with Crippen LogP contribution < -0.4 is 5.76 Å². The molecule has 4 rings (SSSR count). The number of hydrogen-bond acceptors (Lipinski definition) is 5. The van der Waals surface area contributed by atoms with E-state index in [9.17, 15) is 9.59 Å². The molecule has 6 nitrogen and oxygen atoms in total. The Balaban J connectivity index is 1.53. The summed E-state index contributed by atoms with van der Waals surface area (Å²) in [4.78, 5) is 28.4. The molecule has 146 valence electrons. The van der Waals surface area contributed by atoms with Crippen molar-refractivity contribution in [2.75, 3.05) is 0 Å². The van der Waals surface area contributed by atoms with E-state index in [0.717, 1.165) is 30.6 Å². The molecule has 2 fully saturated rings. The Bertz CT molecular complexity index is 781. The molecule has 1 amide bonds. The smallest absolute Gasteiger partial charge is 0.387 e. The Hall–Kier alpha value is -1.89. The van der Waals surface area contributed by atoms with Gasteiger partial charge in [0.2, 0.25) is 5.91 Å². The topological polar surface area (TPSA) is 68.3 Å². The Kier molecular flexibility index (Phi) is 5.76. The van der Waals surface area contributed by atoms with Gasteiger partial charge in [0.05, 0.1) is 4.88 Å². The van der Waals surface area contributed by atoms with Crippen LogP contribution >= 0.6 is 11.3 Å². The maximum Gasteiger partial charge on any atom is 0.437 e. The molecule has 2 saturated carbocycles. The number of amides is 1. The van der Waals surface area contributed by atoms with Gasteiger partial charge in [0.1, 0.15) is 6.54 Å². The minimum atomic E-state index is -0.556. The first-order valence-corrected chi connectivity index (χ1v) is 11.0. The number of rotatable bonds is 5. The Morgan fingerprint density at radius 1 is 1.11 bits per heavy atom. The maximum absolute atomic E-state index is 13.2. The van der Waals surface area contributed by atoms with Gasteiger partial charge in [-0.25, -0.2) is 4.79 Å². The van der Waals surface area contributed by atoms with E-state index in [1.807, 2.05) is 17.5 Å². The molecule has 0 radical (unpaired) electrons. The lowest BCUT2D eigenvalue weighted by Crippen LogP contribution is -2.50. The molecule has 2 heterocycles. The van der Waals surface area contributed by atoms with Gasteiger partial charge < -0.3 is 9.32 Å². The van der Waals surface area contributed by atoms with E-state index in [1.165, 1.54) is 54.5 Å². The van der Waals surface area contributed by atoms with Gasteiger partial charge in [-0.2, -0.15) is 4.68 Å². The molecule has 0 bridgehead atoms.